The van der Waals surface area contributed by atoms with E-state index in [1.807, 2.05) is 0 Å². The number of rotatable bonds is 6. The molecule has 0 aromatic heterocycles. The number of aliphatic hydroxyl groups excluding tert-OH is 1. The molecule has 0 amide bonds. The normalized spacial score (nSPS) is 13.1. The summed E-state index contributed by atoms with van der Waals surface area (Å²) in [4.78, 5) is 4.20. The molecule has 0 fully saturated rings. The minimum absolute atomic E-state index is 0. The van der Waals surface area contributed by atoms with Gasteiger partial charge in [-0.15, -0.1) is 10.9 Å². The summed E-state index contributed by atoms with van der Waals surface area (Å²) in [5, 5.41) is 8.87. The third-order valence-electron chi connectivity index (χ3n) is 1.01. The zero-order valence-corrected chi connectivity index (χ0v) is 7.58. The maximum atomic E-state index is 10.8. The van der Waals surface area contributed by atoms with Crippen molar-refractivity contribution in [3.8, 4) is 0 Å². The van der Waals surface area contributed by atoms with Crippen LogP contribution < -0.4 is 0 Å². The van der Waals surface area contributed by atoms with Crippen molar-refractivity contribution < 1.29 is 22.7 Å². The average molecular weight is 220 g/mol. The maximum absolute atomic E-state index is 10.8. The second-order valence-electron chi connectivity index (χ2n) is 2.00. The van der Waals surface area contributed by atoms with Gasteiger partial charge in [-0.1, -0.05) is 13.0 Å². The van der Waals surface area contributed by atoms with Crippen molar-refractivity contribution in [3.63, 3.8) is 0 Å². The second kappa shape index (κ2) is 7.93. The van der Waals surface area contributed by atoms with Crippen LogP contribution in [0.4, 0.5) is 0 Å². The van der Waals surface area contributed by atoms with Gasteiger partial charge in [0.15, 0.2) is 5.44 Å². The summed E-state index contributed by atoms with van der Waals surface area (Å²) in [6.45, 7) is 4.75. The summed E-state index contributed by atoms with van der Waals surface area (Å²) in [5.41, 5.74) is -1.54. The van der Waals surface area contributed by atoms with Crippen LogP contribution in [0.5, 0.6) is 0 Å². The number of hydrogen-bond donors (Lipinski definition) is 1. The molecule has 0 bridgehead atoms. The Kier molecular flexibility index (Phi) is 9.77. The first-order chi connectivity index (χ1) is 5.54. The first-order valence-corrected chi connectivity index (χ1v) is 4.85. The van der Waals surface area contributed by atoms with Gasteiger partial charge in [0.05, 0.1) is 0 Å². The summed E-state index contributed by atoms with van der Waals surface area (Å²) < 4.78 is 25.6. The number of hydrogen-bond acceptors (Lipinski definition) is 5. The van der Waals surface area contributed by atoms with E-state index in [4.69, 9.17) is 5.11 Å². The Labute approximate surface area is 100 Å². The molecule has 0 aliphatic heterocycles. The van der Waals surface area contributed by atoms with Crippen LogP contribution in [0.25, 0.3) is 0 Å². The summed E-state index contributed by atoms with van der Waals surface area (Å²) in [7, 11) is -4.00. The summed E-state index contributed by atoms with van der Waals surface area (Å²) in [6.07, 6.45) is 1.38. The van der Waals surface area contributed by atoms with Gasteiger partial charge in [-0.25, -0.2) is 4.89 Å². The van der Waals surface area contributed by atoms with Crippen molar-refractivity contribution in [1.82, 2.24) is 0 Å². The van der Waals surface area contributed by atoms with Gasteiger partial charge in [-0.05, 0) is 6.42 Å². The van der Waals surface area contributed by atoms with E-state index in [1.165, 1.54) is 13.0 Å². The SMILES string of the molecule is C=CCOOS(=O)(=O)C(O)CC.[NaH]. The van der Waals surface area contributed by atoms with Crippen molar-refractivity contribution in [1.29, 1.82) is 0 Å². The van der Waals surface area contributed by atoms with Crippen LogP contribution in [0.2, 0.25) is 0 Å². The quantitative estimate of drug-likeness (QED) is 0.215. The molecule has 0 aliphatic rings. The van der Waals surface area contributed by atoms with Crippen molar-refractivity contribution in [2.24, 2.45) is 0 Å². The van der Waals surface area contributed by atoms with E-state index in [2.05, 4.69) is 15.8 Å². The van der Waals surface area contributed by atoms with Crippen LogP contribution in [-0.4, -0.2) is 55.1 Å². The topological polar surface area (TPSA) is 72.8 Å². The monoisotopic (exact) mass is 220 g/mol. The van der Waals surface area contributed by atoms with E-state index in [9.17, 15) is 8.42 Å². The Hall–Kier alpha value is 0.570. The Bertz CT molecular complexity index is 225. The Morgan fingerprint density at radius 1 is 1.62 bits per heavy atom. The van der Waals surface area contributed by atoms with Gasteiger partial charge in [0.1, 0.15) is 6.61 Å². The molecule has 0 aliphatic carbocycles. The van der Waals surface area contributed by atoms with Crippen molar-refractivity contribution in [2.75, 3.05) is 6.61 Å². The fraction of sp³-hybridized carbons (Fsp3) is 0.667. The van der Waals surface area contributed by atoms with Crippen LogP contribution >= 0.6 is 0 Å². The summed E-state index contributed by atoms with van der Waals surface area (Å²) in [6, 6.07) is 0. The van der Waals surface area contributed by atoms with E-state index in [0.29, 0.717) is 0 Å². The first kappa shape index (κ1) is 16.0. The molecule has 0 saturated carbocycles. The summed E-state index contributed by atoms with van der Waals surface area (Å²) in [5.74, 6) is 0. The van der Waals surface area contributed by atoms with E-state index < -0.39 is 15.6 Å². The molecule has 0 spiro atoms. The molecule has 13 heavy (non-hydrogen) atoms. The average Bonchev–Trinajstić information content (AvgIpc) is 2.03. The van der Waals surface area contributed by atoms with Gasteiger partial charge in [-0.3, -0.25) is 0 Å². The van der Waals surface area contributed by atoms with Gasteiger partial charge in [0, 0.05) is 0 Å². The molecule has 0 aromatic rings. The van der Waals surface area contributed by atoms with E-state index in [-0.39, 0.29) is 42.6 Å². The van der Waals surface area contributed by atoms with Gasteiger partial charge >= 0.3 is 39.7 Å². The van der Waals surface area contributed by atoms with Crippen LogP contribution in [0.3, 0.4) is 0 Å². The van der Waals surface area contributed by atoms with Crippen LogP contribution in [0.1, 0.15) is 13.3 Å². The Morgan fingerprint density at radius 3 is 2.54 bits per heavy atom. The van der Waals surface area contributed by atoms with E-state index in [1.54, 1.807) is 0 Å². The molecule has 0 aromatic carbocycles. The van der Waals surface area contributed by atoms with Crippen LogP contribution in [0, 0.1) is 0 Å². The van der Waals surface area contributed by atoms with Crippen molar-refractivity contribution in [3.05, 3.63) is 12.7 Å². The minimum atomic E-state index is -4.00. The molecule has 1 atom stereocenters. The van der Waals surface area contributed by atoms with Crippen molar-refractivity contribution in [2.45, 2.75) is 18.8 Å². The fourth-order valence-electron chi connectivity index (χ4n) is 0.392. The third-order valence-corrected chi connectivity index (χ3v) is 2.30. The molecule has 7 heteroatoms. The van der Waals surface area contributed by atoms with E-state index >= 15 is 0 Å². The zero-order valence-electron chi connectivity index (χ0n) is 6.76. The third kappa shape index (κ3) is 6.62. The fourth-order valence-corrected chi connectivity index (χ4v) is 1.08. The van der Waals surface area contributed by atoms with Gasteiger partial charge < -0.3 is 5.11 Å². The van der Waals surface area contributed by atoms with Gasteiger partial charge in [0.2, 0.25) is 0 Å². The molecule has 0 heterocycles. The second-order valence-corrected chi connectivity index (χ2v) is 3.66. The predicted octanol–water partition coefficient (Wildman–Crippen LogP) is -0.470. The molecule has 0 rings (SSSR count). The summed E-state index contributed by atoms with van der Waals surface area (Å²) >= 11 is 0. The molecule has 1 N–H and O–H groups in total. The zero-order chi connectivity index (χ0) is 9.61. The number of aliphatic hydroxyl groups is 1. The molecule has 1 unspecified atom stereocenters. The van der Waals surface area contributed by atoms with Gasteiger partial charge in [0.25, 0.3) is 0 Å². The molecular weight excluding hydrogens is 207 g/mol. The predicted molar refractivity (Wildman–Crippen MR) is 49.6 cm³/mol. The molecule has 0 radical (unpaired) electrons. The first-order valence-electron chi connectivity index (χ1n) is 3.38. The molecule has 0 saturated heterocycles. The van der Waals surface area contributed by atoms with Crippen molar-refractivity contribution >= 4 is 39.7 Å². The van der Waals surface area contributed by atoms with E-state index in [0.717, 1.165) is 0 Å². The van der Waals surface area contributed by atoms with Gasteiger partial charge in [-0.2, -0.15) is 8.42 Å². The standard InChI is InChI=1S/C6H12O5S.Na.H/c1-3-5-10-11-12(8,9)6(7)4-2;;/h3,6-7H,1,4-5H2,2H3;;. The molecule has 5 nitrogen and oxygen atoms in total. The molecular formula is C6H13NaO5S. The Morgan fingerprint density at radius 2 is 2.15 bits per heavy atom. The van der Waals surface area contributed by atoms with Crippen LogP contribution in [0.15, 0.2) is 12.7 Å². The van der Waals surface area contributed by atoms with Crippen LogP contribution in [-0.2, 0) is 19.3 Å². The Balaban J connectivity index is 0. The molecule has 74 valence electrons.